The van der Waals surface area contributed by atoms with E-state index in [1.165, 1.54) is 16.9 Å². The van der Waals surface area contributed by atoms with Gasteiger partial charge in [0.15, 0.2) is 0 Å². The lowest BCUT2D eigenvalue weighted by Gasteiger charge is -2.25. The predicted molar refractivity (Wildman–Crippen MR) is 80.2 cm³/mol. The summed E-state index contributed by atoms with van der Waals surface area (Å²) in [5.41, 5.74) is 1.70. The fraction of sp³-hybridized carbons (Fsp3) is 0.600. The molecule has 1 aromatic rings. The number of thioether (sulfide) groups is 1. The van der Waals surface area contributed by atoms with Gasteiger partial charge >= 0.3 is 0 Å². The van der Waals surface area contributed by atoms with Crippen LogP contribution in [0.3, 0.4) is 0 Å². The first-order valence-corrected chi connectivity index (χ1v) is 7.81. The van der Waals surface area contributed by atoms with Crippen molar-refractivity contribution in [3.8, 4) is 0 Å². The Balaban J connectivity index is 1.92. The van der Waals surface area contributed by atoms with Gasteiger partial charge in [-0.25, -0.2) is 0 Å². The molecule has 0 aliphatic carbocycles. The molecule has 2 nitrogen and oxygen atoms in total. The first kappa shape index (κ1) is 13.9. The van der Waals surface area contributed by atoms with E-state index in [0.717, 1.165) is 13.1 Å². The number of rotatable bonds is 4. The zero-order valence-corrected chi connectivity index (χ0v) is 12.7. The quantitative estimate of drug-likeness (QED) is 0.842. The van der Waals surface area contributed by atoms with Gasteiger partial charge in [0.25, 0.3) is 0 Å². The van der Waals surface area contributed by atoms with Gasteiger partial charge in [0.2, 0.25) is 0 Å². The minimum absolute atomic E-state index is 0.293. The number of nitrogens with one attached hydrogen (secondary N) is 1. The van der Waals surface area contributed by atoms with Crippen LogP contribution in [0.4, 0.5) is 0 Å². The minimum Gasteiger partial charge on any atom is -0.310 e. The highest BCUT2D eigenvalue weighted by atomic mass is 32.2. The molecule has 0 spiro atoms. The van der Waals surface area contributed by atoms with Crippen molar-refractivity contribution < 1.29 is 0 Å². The summed E-state index contributed by atoms with van der Waals surface area (Å²) in [6.45, 7) is 6.71. The molecule has 0 radical (unpaired) electrons. The Kier molecular flexibility index (Phi) is 4.36. The molecule has 1 heterocycles. The highest BCUT2D eigenvalue weighted by molar-refractivity contribution is 7.98. The van der Waals surface area contributed by atoms with Crippen LogP contribution in [0.1, 0.15) is 25.8 Å². The molecule has 0 aromatic heterocycles. The van der Waals surface area contributed by atoms with Crippen LogP contribution >= 0.6 is 11.8 Å². The molecule has 1 saturated heterocycles. The van der Waals surface area contributed by atoms with Crippen molar-refractivity contribution in [2.45, 2.75) is 43.3 Å². The van der Waals surface area contributed by atoms with Gasteiger partial charge in [-0.1, -0.05) is 12.1 Å². The molecule has 2 rings (SSSR count). The summed E-state index contributed by atoms with van der Waals surface area (Å²) >= 11 is 1.80. The van der Waals surface area contributed by atoms with Crippen LogP contribution in [-0.4, -0.2) is 36.3 Å². The number of benzene rings is 1. The van der Waals surface area contributed by atoms with Gasteiger partial charge in [-0.2, -0.15) is 0 Å². The van der Waals surface area contributed by atoms with E-state index in [1.807, 2.05) is 0 Å². The Labute approximate surface area is 115 Å². The zero-order valence-electron chi connectivity index (χ0n) is 11.9. The van der Waals surface area contributed by atoms with Gasteiger partial charge in [-0.05, 0) is 51.3 Å². The normalized spacial score (nSPS) is 22.6. The topological polar surface area (TPSA) is 15.3 Å². The second-order valence-electron chi connectivity index (χ2n) is 5.89. The van der Waals surface area contributed by atoms with Crippen LogP contribution in [0, 0.1) is 0 Å². The molecule has 18 heavy (non-hydrogen) atoms. The van der Waals surface area contributed by atoms with Gasteiger partial charge in [0.1, 0.15) is 0 Å². The van der Waals surface area contributed by atoms with Crippen LogP contribution in [0.25, 0.3) is 0 Å². The first-order valence-electron chi connectivity index (χ1n) is 6.58. The fourth-order valence-corrected chi connectivity index (χ4v) is 3.00. The average molecular weight is 264 g/mol. The van der Waals surface area contributed by atoms with E-state index in [2.05, 4.69) is 61.6 Å². The monoisotopic (exact) mass is 264 g/mol. The van der Waals surface area contributed by atoms with Crippen molar-refractivity contribution in [1.29, 1.82) is 0 Å². The summed E-state index contributed by atoms with van der Waals surface area (Å²) < 4.78 is 0. The molecular formula is C15H24N2S. The average Bonchev–Trinajstić information content (AvgIpc) is 2.71. The third kappa shape index (κ3) is 3.50. The van der Waals surface area contributed by atoms with E-state index in [4.69, 9.17) is 0 Å². The lowest BCUT2D eigenvalue weighted by molar-refractivity contribution is 0.240. The van der Waals surface area contributed by atoms with Crippen molar-refractivity contribution in [2.75, 3.05) is 19.8 Å². The summed E-state index contributed by atoms with van der Waals surface area (Å²) in [5, 5.41) is 3.59. The summed E-state index contributed by atoms with van der Waals surface area (Å²) in [4.78, 5) is 3.81. The Morgan fingerprint density at radius 3 is 2.50 bits per heavy atom. The fourth-order valence-electron chi connectivity index (χ4n) is 2.59. The molecule has 1 aromatic carbocycles. The summed E-state index contributed by atoms with van der Waals surface area (Å²) in [6, 6.07) is 9.57. The Morgan fingerprint density at radius 2 is 2.00 bits per heavy atom. The van der Waals surface area contributed by atoms with Gasteiger partial charge in [0, 0.05) is 29.6 Å². The second kappa shape index (κ2) is 5.64. The molecule has 0 amide bonds. The molecular weight excluding hydrogens is 240 g/mol. The van der Waals surface area contributed by atoms with Crippen LogP contribution in [-0.2, 0) is 6.54 Å². The highest BCUT2D eigenvalue weighted by Gasteiger charge is 2.32. The third-order valence-corrected chi connectivity index (χ3v) is 4.52. The smallest absolute Gasteiger partial charge is 0.0238 e. The maximum Gasteiger partial charge on any atom is 0.0238 e. The van der Waals surface area contributed by atoms with E-state index < -0.39 is 0 Å². The molecule has 1 unspecified atom stereocenters. The van der Waals surface area contributed by atoms with Gasteiger partial charge in [-0.3, -0.25) is 4.90 Å². The van der Waals surface area contributed by atoms with Crippen LogP contribution in [0.2, 0.25) is 0 Å². The largest absolute Gasteiger partial charge is 0.310 e. The third-order valence-electron chi connectivity index (χ3n) is 3.78. The van der Waals surface area contributed by atoms with Crippen molar-refractivity contribution in [1.82, 2.24) is 10.2 Å². The molecule has 1 aliphatic rings. The summed E-state index contributed by atoms with van der Waals surface area (Å²) in [7, 11) is 2.23. The minimum atomic E-state index is 0.293. The van der Waals surface area contributed by atoms with E-state index >= 15 is 0 Å². The molecule has 1 atom stereocenters. The van der Waals surface area contributed by atoms with Crippen molar-refractivity contribution >= 4 is 11.8 Å². The molecule has 1 aliphatic heterocycles. The predicted octanol–water partition coefficient (Wildman–Crippen LogP) is 2.98. The standard InChI is InChI=1S/C15H24N2S/c1-15(2)9-13(10-16-15)17(3)11-12-5-7-14(18-4)8-6-12/h5-8,13,16H,9-11H2,1-4H3. The van der Waals surface area contributed by atoms with Crippen LogP contribution in [0.5, 0.6) is 0 Å². The molecule has 1 fully saturated rings. The summed E-state index contributed by atoms with van der Waals surface area (Å²) in [5.74, 6) is 0. The maximum atomic E-state index is 3.59. The first-order chi connectivity index (χ1) is 8.50. The Bertz CT molecular complexity index is 386. The molecule has 0 bridgehead atoms. The zero-order chi connectivity index (χ0) is 13.2. The number of hydrogen-bond donors (Lipinski definition) is 1. The molecule has 0 saturated carbocycles. The van der Waals surface area contributed by atoms with E-state index in [9.17, 15) is 0 Å². The van der Waals surface area contributed by atoms with E-state index in [1.54, 1.807) is 11.8 Å². The molecule has 100 valence electrons. The van der Waals surface area contributed by atoms with E-state index in [0.29, 0.717) is 11.6 Å². The second-order valence-corrected chi connectivity index (χ2v) is 6.77. The lowest BCUT2D eigenvalue weighted by atomic mass is 10.0. The molecule has 1 N–H and O–H groups in total. The highest BCUT2D eigenvalue weighted by Crippen LogP contribution is 2.23. The Morgan fingerprint density at radius 1 is 1.33 bits per heavy atom. The number of likely N-dealkylation sites (N-methyl/N-ethyl adjacent to an activating group) is 1. The van der Waals surface area contributed by atoms with Crippen LogP contribution < -0.4 is 5.32 Å². The van der Waals surface area contributed by atoms with Crippen molar-refractivity contribution in [3.63, 3.8) is 0 Å². The maximum absolute atomic E-state index is 3.59. The van der Waals surface area contributed by atoms with E-state index in [-0.39, 0.29) is 0 Å². The Hall–Kier alpha value is -0.510. The van der Waals surface area contributed by atoms with Crippen LogP contribution in [0.15, 0.2) is 29.2 Å². The van der Waals surface area contributed by atoms with Gasteiger partial charge in [-0.15, -0.1) is 11.8 Å². The number of nitrogens with zero attached hydrogens (tertiary/aromatic N) is 1. The van der Waals surface area contributed by atoms with Crippen molar-refractivity contribution in [3.05, 3.63) is 29.8 Å². The van der Waals surface area contributed by atoms with Gasteiger partial charge < -0.3 is 5.32 Å². The van der Waals surface area contributed by atoms with Crippen molar-refractivity contribution in [2.24, 2.45) is 0 Å². The number of hydrogen-bond acceptors (Lipinski definition) is 3. The van der Waals surface area contributed by atoms with Gasteiger partial charge in [0.05, 0.1) is 0 Å². The summed E-state index contributed by atoms with van der Waals surface area (Å²) in [6.07, 6.45) is 3.35. The lowest BCUT2D eigenvalue weighted by Crippen LogP contribution is -2.32. The molecule has 3 heteroatoms. The SMILES string of the molecule is CSc1ccc(CN(C)C2CNC(C)(C)C2)cc1.